The van der Waals surface area contributed by atoms with E-state index in [0.29, 0.717) is 23.8 Å². The van der Waals surface area contributed by atoms with Crippen molar-refractivity contribution in [3.8, 4) is 0 Å². The van der Waals surface area contributed by atoms with Crippen LogP contribution in [0.4, 0.5) is 5.82 Å². The van der Waals surface area contributed by atoms with Gasteiger partial charge in [0.05, 0.1) is 18.5 Å². The molecule has 1 saturated carbocycles. The molecule has 0 spiro atoms. The Morgan fingerprint density at radius 1 is 1.13 bits per heavy atom. The van der Waals surface area contributed by atoms with Crippen molar-refractivity contribution in [1.29, 1.82) is 0 Å². The predicted octanol–water partition coefficient (Wildman–Crippen LogP) is 2.82. The van der Waals surface area contributed by atoms with Crippen LogP contribution >= 0.6 is 0 Å². The van der Waals surface area contributed by atoms with Crippen molar-refractivity contribution in [1.82, 2.24) is 30.2 Å². The van der Waals surface area contributed by atoms with Gasteiger partial charge in [0.2, 0.25) is 0 Å². The number of methoxy groups -OCH3 is 1. The minimum Gasteiger partial charge on any atom is -0.378 e. The molecule has 0 atom stereocenters. The summed E-state index contributed by atoms with van der Waals surface area (Å²) in [5, 5.41) is 19.1. The van der Waals surface area contributed by atoms with Gasteiger partial charge in [-0.05, 0) is 18.6 Å². The highest BCUT2D eigenvalue weighted by atomic mass is 16.5. The summed E-state index contributed by atoms with van der Waals surface area (Å²) < 4.78 is 6.47. The Bertz CT molecular complexity index is 952. The first-order valence-electron chi connectivity index (χ1n) is 10.4. The highest BCUT2D eigenvalue weighted by molar-refractivity contribution is 6.02. The largest absolute Gasteiger partial charge is 0.378 e. The van der Waals surface area contributed by atoms with Gasteiger partial charge >= 0.3 is 0 Å². The van der Waals surface area contributed by atoms with Gasteiger partial charge in [-0.15, -0.1) is 0 Å². The van der Waals surface area contributed by atoms with Crippen molar-refractivity contribution < 1.29 is 9.53 Å². The summed E-state index contributed by atoms with van der Waals surface area (Å²) in [6, 6.07) is 5.08. The van der Waals surface area contributed by atoms with Gasteiger partial charge in [-0.25, -0.2) is 5.10 Å². The minimum atomic E-state index is -0.244. The Labute approximate surface area is 181 Å². The Balaban J connectivity index is 0.000000201. The van der Waals surface area contributed by atoms with E-state index >= 15 is 0 Å². The van der Waals surface area contributed by atoms with Crippen molar-refractivity contribution in [2.24, 2.45) is 7.05 Å². The summed E-state index contributed by atoms with van der Waals surface area (Å²) in [4.78, 5) is 22.6. The second-order valence-corrected chi connectivity index (χ2v) is 7.03. The first-order valence-corrected chi connectivity index (χ1v) is 10.4. The van der Waals surface area contributed by atoms with Crippen LogP contribution in [0.15, 0.2) is 35.4 Å². The van der Waals surface area contributed by atoms with Gasteiger partial charge in [0.15, 0.2) is 0 Å². The molecule has 0 saturated heterocycles. The SMILES string of the molecule is C1CCCC1.CCc1ccn[nH]c1=O.COCc1cc(C(=O)Nc2ccn[nH]2)n(C)n1. The molecule has 0 aromatic carbocycles. The van der Waals surface area contributed by atoms with Gasteiger partial charge in [-0.2, -0.15) is 15.3 Å². The second kappa shape index (κ2) is 13.1. The molecule has 10 nitrogen and oxygen atoms in total. The minimum absolute atomic E-state index is 0.0833. The van der Waals surface area contributed by atoms with Gasteiger partial charge in [-0.1, -0.05) is 39.0 Å². The lowest BCUT2D eigenvalue weighted by molar-refractivity contribution is 0.101. The second-order valence-electron chi connectivity index (χ2n) is 7.03. The van der Waals surface area contributed by atoms with Crippen LogP contribution in [-0.4, -0.2) is 43.2 Å². The van der Waals surface area contributed by atoms with Gasteiger partial charge in [0.1, 0.15) is 11.5 Å². The third kappa shape index (κ3) is 8.17. The van der Waals surface area contributed by atoms with E-state index < -0.39 is 0 Å². The number of aromatic nitrogens is 6. The summed E-state index contributed by atoms with van der Waals surface area (Å²) >= 11 is 0. The molecule has 1 aliphatic rings. The topological polar surface area (TPSA) is 131 Å². The zero-order valence-corrected chi connectivity index (χ0v) is 18.4. The summed E-state index contributed by atoms with van der Waals surface area (Å²) in [7, 11) is 3.29. The van der Waals surface area contributed by atoms with Gasteiger partial charge in [-0.3, -0.25) is 19.4 Å². The molecule has 168 valence electrons. The highest BCUT2D eigenvalue weighted by Crippen LogP contribution is 2.15. The highest BCUT2D eigenvalue weighted by Gasteiger charge is 2.13. The lowest BCUT2D eigenvalue weighted by atomic mass is 10.2. The smallest absolute Gasteiger partial charge is 0.275 e. The van der Waals surface area contributed by atoms with Crippen molar-refractivity contribution >= 4 is 11.7 Å². The van der Waals surface area contributed by atoms with Crippen LogP contribution in [0.3, 0.4) is 0 Å². The van der Waals surface area contributed by atoms with Crippen LogP contribution in [0.2, 0.25) is 0 Å². The Kier molecular flexibility index (Phi) is 10.2. The molecular weight excluding hydrogens is 398 g/mol. The molecular formula is C21H31N7O3. The fourth-order valence-electron chi connectivity index (χ4n) is 3.00. The monoisotopic (exact) mass is 429 g/mol. The maximum Gasteiger partial charge on any atom is 0.275 e. The molecule has 31 heavy (non-hydrogen) atoms. The number of nitrogens with zero attached hydrogens (tertiary/aromatic N) is 4. The van der Waals surface area contributed by atoms with Crippen LogP contribution in [0.25, 0.3) is 0 Å². The number of rotatable bonds is 5. The normalized spacial score (nSPS) is 12.4. The number of nitrogens with one attached hydrogen (secondary N) is 3. The third-order valence-electron chi connectivity index (χ3n) is 4.64. The van der Waals surface area contributed by atoms with E-state index in [1.54, 1.807) is 44.8 Å². The summed E-state index contributed by atoms with van der Waals surface area (Å²) in [5.41, 5.74) is 1.88. The van der Waals surface area contributed by atoms with Crippen LogP contribution in [0.1, 0.15) is 60.8 Å². The van der Waals surface area contributed by atoms with Gasteiger partial charge in [0.25, 0.3) is 11.5 Å². The number of ether oxygens (including phenoxy) is 1. The number of hydrogen-bond acceptors (Lipinski definition) is 6. The molecule has 1 fully saturated rings. The Morgan fingerprint density at radius 3 is 2.29 bits per heavy atom. The molecule has 0 radical (unpaired) electrons. The first-order chi connectivity index (χ1) is 15.0. The number of aromatic amines is 2. The molecule has 0 unspecified atom stereocenters. The molecule has 4 rings (SSSR count). The van der Waals surface area contributed by atoms with E-state index in [4.69, 9.17) is 4.74 Å². The maximum atomic E-state index is 11.9. The average molecular weight is 430 g/mol. The zero-order valence-electron chi connectivity index (χ0n) is 18.4. The average Bonchev–Trinajstić information content (AvgIpc) is 3.53. The first kappa shape index (κ1) is 24.0. The molecule has 0 aliphatic heterocycles. The van der Waals surface area contributed by atoms with E-state index in [1.165, 1.54) is 36.8 Å². The number of anilines is 1. The van der Waals surface area contributed by atoms with E-state index in [2.05, 4.69) is 30.8 Å². The summed E-state index contributed by atoms with van der Waals surface area (Å²) in [6.07, 6.45) is 11.4. The number of aryl methyl sites for hydroxylation is 2. The number of carbonyl (C=O) groups is 1. The van der Waals surface area contributed by atoms with E-state index in [1.807, 2.05) is 6.92 Å². The molecule has 1 aliphatic carbocycles. The molecule has 10 heteroatoms. The number of H-pyrrole nitrogens is 2. The fourth-order valence-corrected chi connectivity index (χ4v) is 3.00. The van der Waals surface area contributed by atoms with Crippen LogP contribution in [0, 0.1) is 0 Å². The lowest BCUT2D eigenvalue weighted by Crippen LogP contribution is -2.16. The number of carbonyl (C=O) groups excluding carboxylic acids is 1. The predicted molar refractivity (Wildman–Crippen MR) is 118 cm³/mol. The van der Waals surface area contributed by atoms with Crippen LogP contribution < -0.4 is 10.9 Å². The lowest BCUT2D eigenvalue weighted by Gasteiger charge is -2.01. The summed E-state index contributed by atoms with van der Waals surface area (Å²) in [5.74, 6) is 0.302. The quantitative estimate of drug-likeness (QED) is 0.572. The number of hydrogen-bond donors (Lipinski definition) is 3. The van der Waals surface area contributed by atoms with Gasteiger partial charge in [0, 0.05) is 32.0 Å². The van der Waals surface area contributed by atoms with Crippen molar-refractivity contribution in [2.75, 3.05) is 12.4 Å². The third-order valence-corrected chi connectivity index (χ3v) is 4.64. The van der Waals surface area contributed by atoms with Crippen molar-refractivity contribution in [3.05, 3.63) is 57.9 Å². The fraction of sp³-hybridized carbons (Fsp3) is 0.476. The standard InChI is InChI=1S/C10H13N5O2.C6H8N2O.C5H10/c1-15-8(5-7(14-15)6-17-2)10(16)12-9-3-4-11-13-9;1-2-5-3-4-7-8-6(5)9;1-2-4-5-3-1/h3-5H,6H2,1-2H3,(H2,11,12,13,16);3-4H,2H2,1H3,(H,8,9);1-5H2. The summed E-state index contributed by atoms with van der Waals surface area (Å²) in [6.45, 7) is 2.32. The van der Waals surface area contributed by atoms with E-state index in [-0.39, 0.29) is 11.5 Å². The Morgan fingerprint density at radius 2 is 1.77 bits per heavy atom. The molecule has 3 N–H and O–H groups in total. The van der Waals surface area contributed by atoms with Crippen molar-refractivity contribution in [2.45, 2.75) is 52.1 Å². The molecule has 0 bridgehead atoms. The maximum absolute atomic E-state index is 11.9. The van der Waals surface area contributed by atoms with Gasteiger partial charge < -0.3 is 10.1 Å². The molecule has 3 aromatic rings. The van der Waals surface area contributed by atoms with E-state index in [0.717, 1.165) is 12.0 Å². The van der Waals surface area contributed by atoms with Crippen LogP contribution in [0.5, 0.6) is 0 Å². The Hall–Kier alpha value is -3.27. The van der Waals surface area contributed by atoms with E-state index in [9.17, 15) is 9.59 Å². The molecule has 1 amide bonds. The molecule has 3 heterocycles. The van der Waals surface area contributed by atoms with Crippen LogP contribution in [-0.2, 0) is 24.8 Å². The number of amides is 1. The zero-order chi connectivity index (χ0) is 22.5. The molecule has 3 aromatic heterocycles. The van der Waals surface area contributed by atoms with Crippen molar-refractivity contribution in [3.63, 3.8) is 0 Å².